The standard InChI is InChI=1S/C9H17N3O3/c1-15-5-3-11-8(13)2-4-12-6-7(10)9(12)14/h7H,2-6,10H2,1H3,(H,11,13). The smallest absolute Gasteiger partial charge is 0.241 e. The van der Waals surface area contributed by atoms with Crippen LogP contribution in [0.25, 0.3) is 0 Å². The number of rotatable bonds is 6. The molecule has 3 N–H and O–H groups in total. The summed E-state index contributed by atoms with van der Waals surface area (Å²) < 4.78 is 4.79. The van der Waals surface area contributed by atoms with Crippen molar-refractivity contribution in [2.45, 2.75) is 12.5 Å². The number of hydrogen-bond donors (Lipinski definition) is 2. The summed E-state index contributed by atoms with van der Waals surface area (Å²) in [6, 6.07) is -0.360. The van der Waals surface area contributed by atoms with Gasteiger partial charge in [0.15, 0.2) is 0 Å². The van der Waals surface area contributed by atoms with E-state index in [0.717, 1.165) is 0 Å². The normalized spacial score (nSPS) is 20.0. The van der Waals surface area contributed by atoms with E-state index in [4.69, 9.17) is 10.5 Å². The van der Waals surface area contributed by atoms with E-state index < -0.39 is 0 Å². The van der Waals surface area contributed by atoms with Gasteiger partial charge in [-0.3, -0.25) is 9.59 Å². The van der Waals surface area contributed by atoms with Gasteiger partial charge in [0.25, 0.3) is 0 Å². The molecule has 0 spiro atoms. The monoisotopic (exact) mass is 215 g/mol. The number of carbonyl (C=O) groups excluding carboxylic acids is 2. The Kier molecular flexibility index (Phi) is 4.51. The van der Waals surface area contributed by atoms with Crippen LogP contribution in [0.2, 0.25) is 0 Å². The highest BCUT2D eigenvalue weighted by molar-refractivity contribution is 5.88. The number of nitrogens with zero attached hydrogens (tertiary/aromatic N) is 1. The Morgan fingerprint density at radius 2 is 2.47 bits per heavy atom. The number of carbonyl (C=O) groups is 2. The Hall–Kier alpha value is -1.14. The molecular formula is C9H17N3O3. The number of β-lactam (4-membered cyclic amide) rings is 1. The van der Waals surface area contributed by atoms with Crippen molar-refractivity contribution in [3.8, 4) is 0 Å². The minimum atomic E-state index is -0.360. The van der Waals surface area contributed by atoms with Gasteiger partial charge in [-0.1, -0.05) is 0 Å². The Morgan fingerprint density at radius 1 is 1.73 bits per heavy atom. The average molecular weight is 215 g/mol. The van der Waals surface area contributed by atoms with Gasteiger partial charge in [0, 0.05) is 33.2 Å². The van der Waals surface area contributed by atoms with Crippen molar-refractivity contribution in [2.75, 3.05) is 33.4 Å². The lowest BCUT2D eigenvalue weighted by Gasteiger charge is -2.35. The maximum Gasteiger partial charge on any atom is 0.241 e. The van der Waals surface area contributed by atoms with Crippen LogP contribution in [0.15, 0.2) is 0 Å². The molecule has 0 aromatic heterocycles. The lowest BCUT2D eigenvalue weighted by Crippen LogP contribution is -2.61. The molecule has 0 aromatic rings. The lowest BCUT2D eigenvalue weighted by molar-refractivity contribution is -0.142. The van der Waals surface area contributed by atoms with Crippen LogP contribution in [0, 0.1) is 0 Å². The predicted molar refractivity (Wildman–Crippen MR) is 54.1 cm³/mol. The van der Waals surface area contributed by atoms with Crippen molar-refractivity contribution < 1.29 is 14.3 Å². The molecule has 0 saturated carbocycles. The molecule has 1 unspecified atom stereocenters. The first kappa shape index (κ1) is 11.9. The van der Waals surface area contributed by atoms with Crippen molar-refractivity contribution in [1.82, 2.24) is 10.2 Å². The van der Waals surface area contributed by atoms with E-state index >= 15 is 0 Å². The minimum absolute atomic E-state index is 0.0691. The van der Waals surface area contributed by atoms with Crippen molar-refractivity contribution in [3.05, 3.63) is 0 Å². The molecule has 1 rings (SSSR count). The molecule has 2 amide bonds. The first-order valence-electron chi connectivity index (χ1n) is 4.95. The topological polar surface area (TPSA) is 84.7 Å². The fraction of sp³-hybridized carbons (Fsp3) is 0.778. The van der Waals surface area contributed by atoms with Crippen LogP contribution in [-0.2, 0) is 14.3 Å². The number of ether oxygens (including phenoxy) is 1. The molecule has 1 saturated heterocycles. The number of amides is 2. The van der Waals surface area contributed by atoms with Crippen LogP contribution in [0.3, 0.4) is 0 Å². The molecule has 15 heavy (non-hydrogen) atoms. The molecule has 0 aromatic carbocycles. The highest BCUT2D eigenvalue weighted by Crippen LogP contribution is 2.07. The molecule has 1 fully saturated rings. The van der Waals surface area contributed by atoms with E-state index in [0.29, 0.717) is 32.7 Å². The summed E-state index contributed by atoms with van der Waals surface area (Å²) in [4.78, 5) is 23.9. The molecule has 1 heterocycles. The van der Waals surface area contributed by atoms with Gasteiger partial charge in [-0.2, -0.15) is 0 Å². The summed E-state index contributed by atoms with van der Waals surface area (Å²) in [5.41, 5.74) is 5.41. The van der Waals surface area contributed by atoms with E-state index in [9.17, 15) is 9.59 Å². The minimum Gasteiger partial charge on any atom is -0.383 e. The van der Waals surface area contributed by atoms with Gasteiger partial charge in [-0.05, 0) is 0 Å². The Morgan fingerprint density at radius 3 is 3.00 bits per heavy atom. The van der Waals surface area contributed by atoms with Gasteiger partial charge in [-0.25, -0.2) is 0 Å². The molecule has 1 aliphatic heterocycles. The fourth-order valence-corrected chi connectivity index (χ4v) is 1.35. The van der Waals surface area contributed by atoms with Crippen LogP contribution in [0.4, 0.5) is 0 Å². The Balaban J connectivity index is 2.05. The van der Waals surface area contributed by atoms with Crippen LogP contribution in [0.1, 0.15) is 6.42 Å². The SMILES string of the molecule is COCCNC(=O)CCN1CC(N)C1=O. The van der Waals surface area contributed by atoms with Gasteiger partial charge in [0.2, 0.25) is 11.8 Å². The quantitative estimate of drug-likeness (QED) is 0.409. The summed E-state index contributed by atoms with van der Waals surface area (Å²) in [6.45, 7) is 2.01. The summed E-state index contributed by atoms with van der Waals surface area (Å²) >= 11 is 0. The number of nitrogens with two attached hydrogens (primary N) is 1. The molecule has 1 atom stereocenters. The first-order chi connectivity index (χ1) is 7.15. The number of nitrogens with one attached hydrogen (secondary N) is 1. The third-order valence-corrected chi connectivity index (χ3v) is 2.28. The van der Waals surface area contributed by atoms with Crippen LogP contribution < -0.4 is 11.1 Å². The summed E-state index contributed by atoms with van der Waals surface area (Å²) in [7, 11) is 1.58. The summed E-state index contributed by atoms with van der Waals surface area (Å²) in [6.07, 6.45) is 0.322. The largest absolute Gasteiger partial charge is 0.383 e. The van der Waals surface area contributed by atoms with E-state index in [1.165, 1.54) is 0 Å². The van der Waals surface area contributed by atoms with Crippen LogP contribution in [0.5, 0.6) is 0 Å². The second-order valence-electron chi connectivity index (χ2n) is 3.48. The zero-order valence-corrected chi connectivity index (χ0v) is 8.86. The van der Waals surface area contributed by atoms with E-state index in [1.54, 1.807) is 12.0 Å². The number of methoxy groups -OCH3 is 1. The number of likely N-dealkylation sites (tertiary alicyclic amines) is 1. The molecular weight excluding hydrogens is 198 g/mol. The zero-order valence-electron chi connectivity index (χ0n) is 8.86. The molecule has 1 aliphatic rings. The van der Waals surface area contributed by atoms with Crippen LogP contribution >= 0.6 is 0 Å². The summed E-state index contributed by atoms with van der Waals surface area (Å²) in [5.74, 6) is -0.139. The van der Waals surface area contributed by atoms with Crippen molar-refractivity contribution in [2.24, 2.45) is 5.73 Å². The molecule has 0 bridgehead atoms. The van der Waals surface area contributed by atoms with Crippen molar-refractivity contribution in [1.29, 1.82) is 0 Å². The molecule has 6 nitrogen and oxygen atoms in total. The third-order valence-electron chi connectivity index (χ3n) is 2.28. The van der Waals surface area contributed by atoms with E-state index in [1.807, 2.05) is 0 Å². The maximum absolute atomic E-state index is 11.2. The Bertz CT molecular complexity index is 245. The summed E-state index contributed by atoms with van der Waals surface area (Å²) in [5, 5.41) is 2.68. The average Bonchev–Trinajstić information content (AvgIpc) is 2.24. The van der Waals surface area contributed by atoms with E-state index in [-0.39, 0.29) is 17.9 Å². The van der Waals surface area contributed by atoms with Gasteiger partial charge in [0.05, 0.1) is 6.61 Å². The lowest BCUT2D eigenvalue weighted by atomic mass is 10.1. The molecule has 6 heteroatoms. The fourth-order valence-electron chi connectivity index (χ4n) is 1.35. The highest BCUT2D eigenvalue weighted by Gasteiger charge is 2.32. The first-order valence-corrected chi connectivity index (χ1v) is 4.95. The van der Waals surface area contributed by atoms with Crippen molar-refractivity contribution >= 4 is 11.8 Å². The molecule has 0 aliphatic carbocycles. The van der Waals surface area contributed by atoms with Crippen LogP contribution in [-0.4, -0.2) is 56.1 Å². The van der Waals surface area contributed by atoms with Crippen molar-refractivity contribution in [3.63, 3.8) is 0 Å². The molecule has 86 valence electrons. The highest BCUT2D eigenvalue weighted by atomic mass is 16.5. The molecule has 0 radical (unpaired) electrons. The number of hydrogen-bond acceptors (Lipinski definition) is 4. The second-order valence-corrected chi connectivity index (χ2v) is 3.48. The van der Waals surface area contributed by atoms with E-state index in [2.05, 4.69) is 5.32 Å². The predicted octanol–water partition coefficient (Wildman–Crippen LogP) is -1.69. The van der Waals surface area contributed by atoms with Gasteiger partial charge >= 0.3 is 0 Å². The maximum atomic E-state index is 11.2. The Labute approximate surface area is 88.7 Å². The van der Waals surface area contributed by atoms with Gasteiger partial charge < -0.3 is 20.7 Å². The van der Waals surface area contributed by atoms with Gasteiger partial charge in [-0.15, -0.1) is 0 Å². The second kappa shape index (κ2) is 5.67. The zero-order chi connectivity index (χ0) is 11.3. The van der Waals surface area contributed by atoms with Gasteiger partial charge in [0.1, 0.15) is 6.04 Å². The third kappa shape index (κ3) is 3.49.